The number of hydrogen-bond donors (Lipinski definition) is 1. The van der Waals surface area contributed by atoms with E-state index in [1.54, 1.807) is 37.3 Å². The van der Waals surface area contributed by atoms with Crippen LogP contribution in [0.4, 0.5) is 5.69 Å². The maximum absolute atomic E-state index is 11.5. The Morgan fingerprint density at radius 2 is 1.77 bits per heavy atom. The number of hydrogen-bond acceptors (Lipinski definition) is 5. The lowest BCUT2D eigenvalue weighted by atomic mass is 10.1. The van der Waals surface area contributed by atoms with E-state index in [1.165, 1.54) is 0 Å². The second-order valence-electron chi connectivity index (χ2n) is 4.69. The minimum Gasteiger partial charge on any atom is -0.477 e. The third-order valence-electron chi connectivity index (χ3n) is 2.93. The first-order valence-corrected chi connectivity index (χ1v) is 8.76. The number of sulfonamides is 1. The van der Waals surface area contributed by atoms with Crippen LogP contribution in [0.1, 0.15) is 20.3 Å². The molecule has 0 atom stereocenters. The summed E-state index contributed by atoms with van der Waals surface area (Å²) < 4.78 is 30.9. The largest absolute Gasteiger partial charge is 0.477 e. The van der Waals surface area contributed by atoms with Gasteiger partial charge in [0.1, 0.15) is 0 Å². The fraction of sp³-hybridized carbons (Fsp3) is 0.333. The van der Waals surface area contributed by atoms with Gasteiger partial charge < -0.3 is 4.74 Å². The smallest absolute Gasteiger partial charge is 0.233 e. The molecule has 0 aliphatic heterocycles. The van der Waals surface area contributed by atoms with Gasteiger partial charge in [0.2, 0.25) is 15.9 Å². The Morgan fingerprint density at radius 3 is 2.32 bits per heavy atom. The first kappa shape index (κ1) is 16.2. The highest BCUT2D eigenvalue weighted by Gasteiger charge is 2.07. The number of anilines is 1. The van der Waals surface area contributed by atoms with Crippen LogP contribution >= 0.6 is 0 Å². The normalized spacial score (nSPS) is 11.2. The van der Waals surface area contributed by atoms with Crippen molar-refractivity contribution in [3.05, 3.63) is 36.4 Å². The van der Waals surface area contributed by atoms with Crippen molar-refractivity contribution in [3.8, 4) is 17.1 Å². The van der Waals surface area contributed by atoms with E-state index in [2.05, 4.69) is 14.9 Å². The Kier molecular flexibility index (Phi) is 5.32. The first-order valence-electron chi connectivity index (χ1n) is 7.11. The van der Waals surface area contributed by atoms with Gasteiger partial charge in [-0.05, 0) is 31.5 Å². The van der Waals surface area contributed by atoms with E-state index in [4.69, 9.17) is 4.74 Å². The van der Waals surface area contributed by atoms with Crippen molar-refractivity contribution < 1.29 is 13.2 Å². The molecule has 1 N–H and O–H groups in total. The Bertz CT molecular complexity index is 698. The van der Waals surface area contributed by atoms with Gasteiger partial charge in [0.25, 0.3) is 0 Å². The molecule has 7 heteroatoms. The molecule has 1 aromatic heterocycles. The topological polar surface area (TPSA) is 81.2 Å². The summed E-state index contributed by atoms with van der Waals surface area (Å²) in [5.41, 5.74) is 2.09. The number of ether oxygens (including phenoxy) is 1. The van der Waals surface area contributed by atoms with Crippen LogP contribution in [0.25, 0.3) is 11.3 Å². The summed E-state index contributed by atoms with van der Waals surface area (Å²) in [7, 11) is -3.26. The summed E-state index contributed by atoms with van der Waals surface area (Å²) in [6.07, 6.45) is 0.915. The third kappa shape index (κ3) is 4.42. The minimum absolute atomic E-state index is 0.0411. The van der Waals surface area contributed by atoms with E-state index in [-0.39, 0.29) is 5.75 Å². The fourth-order valence-electron chi connectivity index (χ4n) is 1.72. The van der Waals surface area contributed by atoms with E-state index in [0.717, 1.165) is 12.0 Å². The van der Waals surface area contributed by atoms with Crippen LogP contribution in [0.5, 0.6) is 5.88 Å². The molecule has 6 nitrogen and oxygen atoms in total. The average Bonchev–Trinajstić information content (AvgIpc) is 2.54. The van der Waals surface area contributed by atoms with E-state index in [9.17, 15) is 8.42 Å². The maximum Gasteiger partial charge on any atom is 0.233 e. The predicted octanol–water partition coefficient (Wildman–Crippen LogP) is 2.69. The molecule has 22 heavy (non-hydrogen) atoms. The molecular weight excluding hydrogens is 302 g/mol. The van der Waals surface area contributed by atoms with Crippen molar-refractivity contribution >= 4 is 15.7 Å². The van der Waals surface area contributed by atoms with Crippen molar-refractivity contribution in [1.29, 1.82) is 0 Å². The zero-order chi connectivity index (χ0) is 16.0. The summed E-state index contributed by atoms with van der Waals surface area (Å²) in [5, 5.41) is 8.11. The molecule has 0 amide bonds. The van der Waals surface area contributed by atoms with E-state index in [0.29, 0.717) is 23.9 Å². The van der Waals surface area contributed by atoms with Gasteiger partial charge in [0.15, 0.2) is 0 Å². The van der Waals surface area contributed by atoms with Crippen LogP contribution in [0, 0.1) is 0 Å². The van der Waals surface area contributed by atoms with Crippen LogP contribution in [0.2, 0.25) is 0 Å². The van der Waals surface area contributed by atoms with E-state index in [1.807, 2.05) is 13.0 Å². The van der Waals surface area contributed by atoms with E-state index >= 15 is 0 Å². The number of aromatic nitrogens is 2. The van der Waals surface area contributed by atoms with Crippen molar-refractivity contribution in [2.45, 2.75) is 20.3 Å². The molecule has 0 spiro atoms. The second-order valence-corrected chi connectivity index (χ2v) is 6.70. The number of nitrogens with one attached hydrogen (secondary N) is 1. The standard InChI is InChI=1S/C15H19N3O3S/c1-3-11-21-15-10-9-14(16-17-15)12-5-7-13(8-6-12)18-22(19,20)4-2/h5-10,18H,3-4,11H2,1-2H3. The Morgan fingerprint density at radius 1 is 1.05 bits per heavy atom. The predicted molar refractivity (Wildman–Crippen MR) is 86.3 cm³/mol. The molecule has 0 saturated heterocycles. The monoisotopic (exact) mass is 321 g/mol. The Hall–Kier alpha value is -2.15. The zero-order valence-corrected chi connectivity index (χ0v) is 13.4. The van der Waals surface area contributed by atoms with Gasteiger partial charge in [0.05, 0.1) is 18.1 Å². The Labute approximate surface area is 130 Å². The van der Waals surface area contributed by atoms with E-state index < -0.39 is 10.0 Å². The van der Waals surface area contributed by atoms with Crippen LogP contribution in [-0.4, -0.2) is 31.0 Å². The molecule has 0 radical (unpaired) electrons. The molecule has 2 aromatic rings. The molecule has 0 aliphatic carbocycles. The molecule has 0 aliphatic rings. The number of benzene rings is 1. The summed E-state index contributed by atoms with van der Waals surface area (Å²) in [6.45, 7) is 4.23. The van der Waals surface area contributed by atoms with Crippen molar-refractivity contribution in [2.24, 2.45) is 0 Å². The quantitative estimate of drug-likeness (QED) is 0.848. The molecule has 118 valence electrons. The molecule has 0 fully saturated rings. The molecule has 0 unspecified atom stereocenters. The van der Waals surface area contributed by atoms with Gasteiger partial charge in [-0.25, -0.2) is 8.42 Å². The molecule has 2 rings (SSSR count). The van der Waals surface area contributed by atoms with Gasteiger partial charge in [-0.15, -0.1) is 10.2 Å². The van der Waals surface area contributed by atoms with Gasteiger partial charge >= 0.3 is 0 Å². The van der Waals surface area contributed by atoms with Crippen LogP contribution in [-0.2, 0) is 10.0 Å². The van der Waals surface area contributed by atoms with Gasteiger partial charge in [-0.1, -0.05) is 19.1 Å². The van der Waals surface area contributed by atoms with Crippen molar-refractivity contribution in [2.75, 3.05) is 17.1 Å². The summed E-state index contributed by atoms with van der Waals surface area (Å²) >= 11 is 0. The summed E-state index contributed by atoms with van der Waals surface area (Å²) in [5.74, 6) is 0.539. The third-order valence-corrected chi connectivity index (χ3v) is 4.23. The van der Waals surface area contributed by atoms with Crippen LogP contribution in [0.3, 0.4) is 0 Å². The molecule has 0 bridgehead atoms. The van der Waals surface area contributed by atoms with Gasteiger partial charge in [0, 0.05) is 17.3 Å². The first-order chi connectivity index (χ1) is 10.5. The average molecular weight is 321 g/mol. The zero-order valence-electron chi connectivity index (χ0n) is 12.6. The number of rotatable bonds is 7. The number of nitrogens with zero attached hydrogens (tertiary/aromatic N) is 2. The van der Waals surface area contributed by atoms with Gasteiger partial charge in [-0.3, -0.25) is 4.72 Å². The maximum atomic E-state index is 11.5. The lowest BCUT2D eigenvalue weighted by Gasteiger charge is -2.07. The lowest BCUT2D eigenvalue weighted by Crippen LogP contribution is -2.14. The van der Waals surface area contributed by atoms with Crippen LogP contribution < -0.4 is 9.46 Å². The highest BCUT2D eigenvalue weighted by atomic mass is 32.2. The highest BCUT2D eigenvalue weighted by molar-refractivity contribution is 7.92. The second kappa shape index (κ2) is 7.22. The SMILES string of the molecule is CCCOc1ccc(-c2ccc(NS(=O)(=O)CC)cc2)nn1. The fourth-order valence-corrected chi connectivity index (χ4v) is 2.36. The Balaban J connectivity index is 2.10. The van der Waals surface area contributed by atoms with Crippen LogP contribution in [0.15, 0.2) is 36.4 Å². The molecule has 1 heterocycles. The summed E-state index contributed by atoms with van der Waals surface area (Å²) in [4.78, 5) is 0. The summed E-state index contributed by atoms with van der Waals surface area (Å²) in [6, 6.07) is 10.6. The van der Waals surface area contributed by atoms with Crippen molar-refractivity contribution in [1.82, 2.24) is 10.2 Å². The highest BCUT2D eigenvalue weighted by Crippen LogP contribution is 2.20. The molecular formula is C15H19N3O3S. The minimum atomic E-state index is -3.26. The van der Waals surface area contributed by atoms with Crippen molar-refractivity contribution in [3.63, 3.8) is 0 Å². The van der Waals surface area contributed by atoms with Gasteiger partial charge in [-0.2, -0.15) is 0 Å². The molecule has 1 aromatic carbocycles. The lowest BCUT2D eigenvalue weighted by molar-refractivity contribution is 0.302. The molecule has 0 saturated carbocycles.